The maximum absolute atomic E-state index is 14.9. The van der Waals surface area contributed by atoms with Crippen molar-refractivity contribution >= 4 is 23.9 Å². The van der Waals surface area contributed by atoms with E-state index in [4.69, 9.17) is 28.4 Å². The lowest BCUT2D eigenvalue weighted by molar-refractivity contribution is -0.289. The minimum atomic E-state index is -1.55. The van der Waals surface area contributed by atoms with Crippen LogP contribution in [-0.4, -0.2) is 71.0 Å². The summed E-state index contributed by atoms with van der Waals surface area (Å²) in [5.74, 6) is -5.12. The third-order valence-corrected chi connectivity index (χ3v) is 6.62. The van der Waals surface area contributed by atoms with Crippen molar-refractivity contribution < 1.29 is 56.4 Å². The van der Waals surface area contributed by atoms with Gasteiger partial charge in [0.15, 0.2) is 23.8 Å². The molecule has 14 heteroatoms. The van der Waals surface area contributed by atoms with Crippen LogP contribution in [0.25, 0.3) is 0 Å². The predicted octanol–water partition coefficient (Wildman–Crippen LogP) is 3.41. The van der Waals surface area contributed by atoms with Crippen LogP contribution in [0, 0.1) is 25.5 Å². The van der Waals surface area contributed by atoms with Gasteiger partial charge in [0, 0.05) is 51.4 Å². The Hall–Kier alpha value is -4.07. The lowest BCUT2D eigenvalue weighted by atomic mass is 9.98. The number of ether oxygens (including phenoxy) is 6. The van der Waals surface area contributed by atoms with Crippen LogP contribution in [0.4, 0.5) is 8.78 Å². The van der Waals surface area contributed by atoms with Crippen LogP contribution in [-0.2, 0) is 49.3 Å². The first-order valence-electron chi connectivity index (χ1n) is 13.6. The van der Waals surface area contributed by atoms with Crippen molar-refractivity contribution in [3.63, 3.8) is 0 Å². The third-order valence-electron chi connectivity index (χ3n) is 6.62. The molecule has 1 aliphatic heterocycles. The Morgan fingerprint density at radius 2 is 1.47 bits per heavy atom. The quantitative estimate of drug-likeness (QED) is 0.289. The molecule has 5 atom stereocenters. The van der Waals surface area contributed by atoms with Gasteiger partial charge in [-0.3, -0.25) is 23.9 Å². The summed E-state index contributed by atoms with van der Waals surface area (Å²) in [4.78, 5) is 47.9. The second-order valence-electron chi connectivity index (χ2n) is 10.4. The van der Waals surface area contributed by atoms with Crippen LogP contribution in [0.5, 0.6) is 5.88 Å². The fourth-order valence-electron chi connectivity index (χ4n) is 4.73. The van der Waals surface area contributed by atoms with E-state index < -0.39 is 72.8 Å². The molecule has 236 valence electrons. The van der Waals surface area contributed by atoms with E-state index in [0.717, 1.165) is 27.7 Å². The van der Waals surface area contributed by atoms with E-state index in [1.54, 1.807) is 11.6 Å². The average Bonchev–Trinajstić information content (AvgIpc) is 3.20. The summed E-state index contributed by atoms with van der Waals surface area (Å²) in [6, 6.07) is 2.74. The molecular weight excluding hydrogens is 574 g/mol. The number of hydrogen-bond donors (Lipinski definition) is 0. The van der Waals surface area contributed by atoms with Crippen LogP contribution in [0.2, 0.25) is 0 Å². The molecule has 0 saturated carbocycles. The minimum absolute atomic E-state index is 0.0425. The first-order valence-corrected chi connectivity index (χ1v) is 13.6. The number of esters is 4. The van der Waals surface area contributed by atoms with Gasteiger partial charge in [0.05, 0.1) is 0 Å². The molecule has 1 fully saturated rings. The maximum Gasteiger partial charge on any atom is 0.303 e. The fraction of sp³-hybridized carbons (Fsp3) is 0.552. The normalized spacial score (nSPS) is 21.7. The van der Waals surface area contributed by atoms with Gasteiger partial charge in [-0.1, -0.05) is 12.1 Å². The molecule has 43 heavy (non-hydrogen) atoms. The summed E-state index contributed by atoms with van der Waals surface area (Å²) in [6.07, 6.45) is -7.23. The number of aromatic nitrogens is 2. The summed E-state index contributed by atoms with van der Waals surface area (Å²) < 4.78 is 64.5. The van der Waals surface area contributed by atoms with Crippen molar-refractivity contribution in [3.05, 3.63) is 46.2 Å². The molecule has 1 aromatic heterocycles. The van der Waals surface area contributed by atoms with Gasteiger partial charge in [-0.2, -0.15) is 0 Å². The zero-order chi connectivity index (χ0) is 32.2. The molecule has 3 rings (SSSR count). The van der Waals surface area contributed by atoms with Gasteiger partial charge in [0.1, 0.15) is 12.7 Å². The van der Waals surface area contributed by atoms with E-state index in [1.165, 1.54) is 19.1 Å². The Labute approximate surface area is 247 Å². The number of hydrogen-bond acceptors (Lipinski definition) is 11. The van der Waals surface area contributed by atoms with Crippen LogP contribution < -0.4 is 4.74 Å². The lowest BCUT2D eigenvalue weighted by Crippen LogP contribution is -2.63. The lowest BCUT2D eigenvalue weighted by Gasteiger charge is -2.43. The van der Waals surface area contributed by atoms with Gasteiger partial charge < -0.3 is 28.4 Å². The molecule has 2 aromatic rings. The number of carbonyl (C=O) groups is 4. The standard InChI is InChI=1S/C29H36F2N2O10/c1-13(2)33-15(4)21(11-20-10-9-14(3)23(30)24(20)31)28(32-33)43-29-27(41-19(8)37)26(40-18(7)36)25(39-17(6)35)22(42-29)12-38-16(5)34/h9-10,13,22,25-27,29H,11-12H2,1-8H3/t22-,25-,26+,27-,29?/m1/s1. The Morgan fingerprint density at radius 3 is 2.02 bits per heavy atom. The van der Waals surface area contributed by atoms with Crippen LogP contribution >= 0.6 is 0 Å². The van der Waals surface area contributed by atoms with Crippen molar-refractivity contribution in [2.45, 2.75) is 98.6 Å². The van der Waals surface area contributed by atoms with Gasteiger partial charge in [0.2, 0.25) is 18.3 Å². The highest BCUT2D eigenvalue weighted by Gasteiger charge is 2.53. The number of carbonyl (C=O) groups excluding carboxylic acids is 4. The number of nitrogens with zero attached hydrogens (tertiary/aromatic N) is 2. The van der Waals surface area contributed by atoms with Crippen molar-refractivity contribution in [1.29, 1.82) is 0 Å². The van der Waals surface area contributed by atoms with E-state index in [9.17, 15) is 28.0 Å². The van der Waals surface area contributed by atoms with Gasteiger partial charge in [-0.15, -0.1) is 5.10 Å². The van der Waals surface area contributed by atoms with E-state index in [2.05, 4.69) is 5.10 Å². The molecule has 0 aliphatic carbocycles. The van der Waals surface area contributed by atoms with Crippen molar-refractivity contribution in [1.82, 2.24) is 9.78 Å². The predicted molar refractivity (Wildman–Crippen MR) is 144 cm³/mol. The third kappa shape index (κ3) is 8.06. The first kappa shape index (κ1) is 33.4. The summed E-state index contributed by atoms with van der Waals surface area (Å²) in [7, 11) is 0. The second-order valence-corrected chi connectivity index (χ2v) is 10.4. The van der Waals surface area contributed by atoms with E-state index >= 15 is 0 Å². The summed E-state index contributed by atoms with van der Waals surface area (Å²) in [5.41, 5.74) is 1.14. The highest BCUT2D eigenvalue weighted by atomic mass is 19.2. The van der Waals surface area contributed by atoms with Gasteiger partial charge in [0.25, 0.3) is 0 Å². The van der Waals surface area contributed by atoms with Crippen LogP contribution in [0.3, 0.4) is 0 Å². The molecule has 0 amide bonds. The number of halogens is 2. The molecular formula is C29H36F2N2O10. The van der Waals surface area contributed by atoms with Gasteiger partial charge in [-0.05, 0) is 38.8 Å². The molecule has 0 radical (unpaired) electrons. The Balaban J connectivity index is 2.12. The summed E-state index contributed by atoms with van der Waals surface area (Å²) in [5, 5.41) is 4.51. The van der Waals surface area contributed by atoms with E-state index in [0.29, 0.717) is 11.3 Å². The van der Waals surface area contributed by atoms with Crippen molar-refractivity contribution in [3.8, 4) is 5.88 Å². The molecule has 12 nitrogen and oxygen atoms in total. The number of aryl methyl sites for hydroxylation is 1. The van der Waals surface area contributed by atoms with Gasteiger partial charge in [-0.25, -0.2) is 8.78 Å². The second kappa shape index (κ2) is 13.9. The topological polar surface area (TPSA) is 141 Å². The number of rotatable bonds is 10. The van der Waals surface area contributed by atoms with Crippen molar-refractivity contribution in [2.24, 2.45) is 0 Å². The monoisotopic (exact) mass is 610 g/mol. The zero-order valence-corrected chi connectivity index (χ0v) is 25.3. The SMILES string of the molecule is CC(=O)OC[C@H]1OC(Oc2nn(C(C)C)c(C)c2Cc2ccc(C)c(F)c2F)[C@H](OC(C)=O)[C@@H](OC(C)=O)[C@@H]1OC(C)=O. The summed E-state index contributed by atoms with van der Waals surface area (Å²) in [6.45, 7) is 10.9. The smallest absolute Gasteiger partial charge is 0.303 e. The fourth-order valence-corrected chi connectivity index (χ4v) is 4.73. The molecule has 0 bridgehead atoms. The molecule has 1 unspecified atom stereocenters. The van der Waals surface area contributed by atoms with E-state index in [1.807, 2.05) is 13.8 Å². The summed E-state index contributed by atoms with van der Waals surface area (Å²) >= 11 is 0. The van der Waals surface area contributed by atoms with Gasteiger partial charge >= 0.3 is 23.9 Å². The Kier molecular flexibility index (Phi) is 10.8. The molecule has 1 aromatic carbocycles. The highest BCUT2D eigenvalue weighted by molar-refractivity contribution is 5.68. The van der Waals surface area contributed by atoms with Crippen molar-refractivity contribution in [2.75, 3.05) is 6.61 Å². The molecule has 0 spiro atoms. The Bertz CT molecular complexity index is 1380. The molecule has 2 heterocycles. The molecule has 0 N–H and O–H groups in total. The first-order chi connectivity index (χ1) is 20.1. The maximum atomic E-state index is 14.9. The zero-order valence-electron chi connectivity index (χ0n) is 25.3. The average molecular weight is 611 g/mol. The largest absolute Gasteiger partial charge is 0.463 e. The number of benzene rings is 1. The highest BCUT2D eigenvalue weighted by Crippen LogP contribution is 2.34. The molecule has 1 saturated heterocycles. The molecule has 1 aliphatic rings. The van der Waals surface area contributed by atoms with Crippen LogP contribution in [0.1, 0.15) is 70.0 Å². The Morgan fingerprint density at radius 1 is 0.884 bits per heavy atom. The minimum Gasteiger partial charge on any atom is -0.463 e. The van der Waals surface area contributed by atoms with E-state index in [-0.39, 0.29) is 29.5 Å². The van der Waals surface area contributed by atoms with Crippen LogP contribution in [0.15, 0.2) is 12.1 Å².